The van der Waals surface area contributed by atoms with E-state index in [1.54, 1.807) is 26.4 Å². The van der Waals surface area contributed by atoms with Crippen LogP contribution in [0.1, 0.15) is 34.3 Å². The Morgan fingerprint density at radius 2 is 1.55 bits per heavy atom. The molecule has 4 N–H and O–H groups in total. The van der Waals surface area contributed by atoms with Gasteiger partial charge in [-0.1, -0.05) is 35.9 Å². The summed E-state index contributed by atoms with van der Waals surface area (Å²) in [5, 5.41) is 2.15. The fraction of sp³-hybridized carbons (Fsp3) is 0.378. The first kappa shape index (κ1) is 40.1. The Balaban J connectivity index is 0.00000541. The largest absolute Gasteiger partial charge is 0.539 e. The number of nitrogens with one attached hydrogen (secondary N) is 1. The Morgan fingerprint density at radius 3 is 2.13 bits per heavy atom. The standard InChI is InChI=1S/C37H38BCl2N3O8S.H3N/c1-47-26-9-5-23(6-10-26)20-49-29-14-13-28(30(39)33(29)50-21-24-7-11-27(48-2)12-8-24)34(44)41-15-18-43(16-3-4-17-43)19-25-22-52-36-31(40)35(45)42(36)32(25)37(46)51-38;/h5-14,31,36H,3-4,15-22H2,1-2H3;1H3/p+1/t31-,36-;/m1./s1. The number of carbonyl (C=O) groups is 3. The lowest BCUT2D eigenvalue weighted by Gasteiger charge is -2.48. The summed E-state index contributed by atoms with van der Waals surface area (Å²) in [6.45, 7) is 3.59. The van der Waals surface area contributed by atoms with E-state index in [-0.39, 0.29) is 58.6 Å². The minimum absolute atomic E-state index is 0. The highest BCUT2D eigenvalue weighted by molar-refractivity contribution is 8.00. The highest BCUT2D eigenvalue weighted by Crippen LogP contribution is 2.44. The molecule has 2 saturated heterocycles. The Labute approximate surface area is 324 Å². The molecule has 3 aliphatic rings. The Bertz CT molecular complexity index is 1830. The third-order valence-corrected chi connectivity index (χ3v) is 11.9. The molecule has 6 rings (SSSR count). The zero-order valence-corrected chi connectivity index (χ0v) is 31.9. The number of likely N-dealkylation sites (tertiary alicyclic amines) is 1. The van der Waals surface area contributed by atoms with Crippen LogP contribution in [0.25, 0.3) is 0 Å². The Hall–Kier alpha value is -4.08. The molecule has 0 unspecified atom stereocenters. The van der Waals surface area contributed by atoms with Crippen LogP contribution in [0.4, 0.5) is 0 Å². The normalized spacial score (nSPS) is 18.6. The van der Waals surface area contributed by atoms with E-state index in [1.807, 2.05) is 48.5 Å². The summed E-state index contributed by atoms with van der Waals surface area (Å²) in [7, 11) is 8.49. The number of quaternary nitrogens is 1. The number of alkyl halides is 1. The maximum atomic E-state index is 13.6. The third-order valence-electron chi connectivity index (χ3n) is 9.60. The number of rotatable bonds is 15. The quantitative estimate of drug-likeness (QED) is 0.0887. The van der Waals surface area contributed by atoms with Crippen LogP contribution >= 0.6 is 35.0 Å². The summed E-state index contributed by atoms with van der Waals surface area (Å²) in [6, 6.07) is 18.3. The van der Waals surface area contributed by atoms with E-state index in [2.05, 4.69) is 9.97 Å². The molecule has 3 aliphatic heterocycles. The number of benzene rings is 3. The van der Waals surface area contributed by atoms with Gasteiger partial charge in [0.25, 0.3) is 5.91 Å². The predicted octanol–water partition coefficient (Wildman–Crippen LogP) is 5.42. The van der Waals surface area contributed by atoms with Crippen molar-refractivity contribution in [3.63, 3.8) is 0 Å². The Morgan fingerprint density at radius 1 is 0.943 bits per heavy atom. The van der Waals surface area contributed by atoms with Crippen molar-refractivity contribution in [2.45, 2.75) is 36.8 Å². The molecule has 2 amide bonds. The zero-order valence-electron chi connectivity index (χ0n) is 29.6. The first-order chi connectivity index (χ1) is 25.2. The number of nitrogens with zero attached hydrogens (tertiary/aromatic N) is 2. The third kappa shape index (κ3) is 8.84. The minimum Gasteiger partial charge on any atom is -0.539 e. The molecule has 3 aromatic rings. The van der Waals surface area contributed by atoms with Gasteiger partial charge in [-0.05, 0) is 47.5 Å². The summed E-state index contributed by atoms with van der Waals surface area (Å²) >= 11 is 14.7. The van der Waals surface area contributed by atoms with Gasteiger partial charge in [-0.25, -0.2) is 4.79 Å². The average molecular weight is 785 g/mol. The van der Waals surface area contributed by atoms with Crippen molar-refractivity contribution in [2.24, 2.45) is 0 Å². The molecule has 0 saturated carbocycles. The van der Waals surface area contributed by atoms with Gasteiger partial charge in [-0.2, -0.15) is 0 Å². The lowest BCUT2D eigenvalue weighted by atomic mass is 10.1. The molecule has 2 atom stereocenters. The lowest BCUT2D eigenvalue weighted by molar-refractivity contribution is -0.911. The van der Waals surface area contributed by atoms with Crippen LogP contribution in [0.15, 0.2) is 71.9 Å². The van der Waals surface area contributed by atoms with Crippen LogP contribution < -0.4 is 30.4 Å². The second-order valence-corrected chi connectivity index (χ2v) is 14.8. The van der Waals surface area contributed by atoms with E-state index >= 15 is 0 Å². The molecule has 16 heteroatoms. The average Bonchev–Trinajstić information content (AvgIpc) is 3.64. The molecule has 2 fully saturated rings. The van der Waals surface area contributed by atoms with Crippen molar-refractivity contribution < 1.29 is 42.5 Å². The number of β-lactam (4-membered cyclic amide) rings is 1. The second kappa shape index (κ2) is 17.8. The van der Waals surface area contributed by atoms with Crippen molar-refractivity contribution in [3.05, 3.63) is 93.6 Å². The number of hydrogen-bond acceptors (Lipinski definition) is 10. The molecule has 0 aliphatic carbocycles. The van der Waals surface area contributed by atoms with Gasteiger partial charge in [0.05, 0.1) is 51.0 Å². The molecular formula is C37H42BCl2N4O8S+. The number of amides is 2. The SMILES string of the molecule is N.[B]OC(=O)C1=C(C[N+]2(CCNC(=O)c3ccc(OCc4ccc(OC)cc4)c(OCc4ccc(OC)cc4)c3Cl)CCCC2)CS[C@@H]2[C@H](Cl)C(=O)N12. The number of carbonyl (C=O) groups excluding carboxylic acids is 3. The number of ether oxygens (including phenoxy) is 4. The number of hydrogen-bond donors (Lipinski definition) is 2. The monoisotopic (exact) mass is 783 g/mol. The van der Waals surface area contributed by atoms with Gasteiger partial charge < -0.3 is 39.6 Å². The van der Waals surface area contributed by atoms with Gasteiger partial charge in [-0.15, -0.1) is 23.4 Å². The van der Waals surface area contributed by atoms with Crippen LogP contribution in [-0.4, -0.2) is 98.7 Å². The van der Waals surface area contributed by atoms with Crippen molar-refractivity contribution in [1.29, 1.82) is 0 Å². The summed E-state index contributed by atoms with van der Waals surface area (Å²) < 4.78 is 28.1. The molecule has 53 heavy (non-hydrogen) atoms. The van der Waals surface area contributed by atoms with Crippen molar-refractivity contribution in [1.82, 2.24) is 16.4 Å². The van der Waals surface area contributed by atoms with Crippen molar-refractivity contribution in [3.8, 4) is 23.0 Å². The van der Waals surface area contributed by atoms with Gasteiger partial charge in [0.1, 0.15) is 47.7 Å². The maximum absolute atomic E-state index is 13.6. The number of fused-ring (bicyclic) bond motifs is 1. The molecule has 0 spiro atoms. The summed E-state index contributed by atoms with van der Waals surface area (Å²) in [5.41, 5.74) is 3.00. The first-order valence-corrected chi connectivity index (χ1v) is 18.7. The zero-order chi connectivity index (χ0) is 36.8. The molecule has 12 nitrogen and oxygen atoms in total. The highest BCUT2D eigenvalue weighted by Gasteiger charge is 2.53. The topological polar surface area (TPSA) is 148 Å². The first-order valence-electron chi connectivity index (χ1n) is 16.9. The summed E-state index contributed by atoms with van der Waals surface area (Å²) in [4.78, 5) is 40.4. The predicted molar refractivity (Wildman–Crippen MR) is 204 cm³/mol. The molecule has 280 valence electrons. The molecule has 3 aromatic carbocycles. The molecule has 0 aromatic heterocycles. The fourth-order valence-electron chi connectivity index (χ4n) is 6.76. The van der Waals surface area contributed by atoms with Crippen LogP contribution in [-0.2, 0) is 27.5 Å². The number of halogens is 2. The smallest absolute Gasteiger partial charge is 0.378 e. The highest BCUT2D eigenvalue weighted by atomic mass is 35.5. The van der Waals surface area contributed by atoms with Crippen molar-refractivity contribution >= 4 is 60.8 Å². The van der Waals surface area contributed by atoms with Gasteiger partial charge in [0.15, 0.2) is 11.5 Å². The summed E-state index contributed by atoms with van der Waals surface area (Å²) in [5.74, 6) is 1.18. The lowest BCUT2D eigenvalue weighted by Crippen LogP contribution is -2.63. The molecule has 3 heterocycles. The van der Waals surface area contributed by atoms with Gasteiger partial charge >= 0.3 is 14.0 Å². The van der Waals surface area contributed by atoms with Crippen LogP contribution in [0, 0.1) is 0 Å². The van der Waals surface area contributed by atoms with E-state index in [0.717, 1.165) is 54.1 Å². The number of methoxy groups -OCH3 is 2. The number of thioether (sulfide) groups is 1. The maximum Gasteiger partial charge on any atom is 0.378 e. The molecular weight excluding hydrogens is 742 g/mol. The second-order valence-electron chi connectivity index (χ2n) is 12.8. The minimum atomic E-state index is -0.751. The summed E-state index contributed by atoms with van der Waals surface area (Å²) in [6.07, 6.45) is 2.00. The van der Waals surface area contributed by atoms with Gasteiger partial charge in [0.2, 0.25) is 5.91 Å². The molecule has 0 bridgehead atoms. The van der Waals surface area contributed by atoms with E-state index in [4.69, 9.17) is 50.2 Å². The van der Waals surface area contributed by atoms with Crippen LogP contribution in [0.3, 0.4) is 0 Å². The fourth-order valence-corrected chi connectivity index (χ4v) is 8.74. The van der Waals surface area contributed by atoms with Crippen molar-refractivity contribution in [2.75, 3.05) is 52.7 Å². The van der Waals surface area contributed by atoms with Crippen LogP contribution in [0.2, 0.25) is 5.02 Å². The van der Waals surface area contributed by atoms with Gasteiger partial charge in [-0.3, -0.25) is 14.5 Å². The Kier molecular flexibility index (Phi) is 13.5. The van der Waals surface area contributed by atoms with Gasteiger partial charge in [0, 0.05) is 24.2 Å². The van der Waals surface area contributed by atoms with E-state index in [1.165, 1.54) is 16.7 Å². The van der Waals surface area contributed by atoms with E-state index < -0.39 is 11.3 Å². The van der Waals surface area contributed by atoms with Crippen LogP contribution in [0.5, 0.6) is 23.0 Å². The molecule has 2 radical (unpaired) electrons. The van der Waals surface area contributed by atoms with E-state index in [0.29, 0.717) is 35.6 Å². The van der Waals surface area contributed by atoms with E-state index in [9.17, 15) is 14.4 Å².